The van der Waals surface area contributed by atoms with E-state index in [0.29, 0.717) is 15.0 Å². The van der Waals surface area contributed by atoms with Crippen LogP contribution in [0.1, 0.15) is 22.5 Å². The number of hydrogen-bond donors (Lipinski definition) is 0. The van der Waals surface area contributed by atoms with Crippen molar-refractivity contribution in [3.8, 4) is 0 Å². The largest absolute Gasteiger partial charge is 0.450 e. The van der Waals surface area contributed by atoms with Gasteiger partial charge in [-0.1, -0.05) is 77.7 Å². The van der Waals surface area contributed by atoms with E-state index >= 15 is 0 Å². The number of aryl methyl sites for hydroxylation is 2. The van der Waals surface area contributed by atoms with Crippen LogP contribution in [-0.4, -0.2) is 10.2 Å². The van der Waals surface area contributed by atoms with Crippen LogP contribution in [0.4, 0.5) is 5.69 Å². The number of thioether (sulfide) groups is 2. The highest BCUT2D eigenvalue weighted by atomic mass is 35.5. The minimum absolute atomic E-state index is 0.117. The first-order valence-electron chi connectivity index (χ1n) is 9.23. The summed E-state index contributed by atoms with van der Waals surface area (Å²) >= 11 is 14.3. The van der Waals surface area contributed by atoms with Crippen LogP contribution >= 0.6 is 47.3 Å². The van der Waals surface area contributed by atoms with Gasteiger partial charge in [0.15, 0.2) is 9.41 Å². The third kappa shape index (κ3) is 4.52. The molecule has 1 aliphatic heterocycles. The molecule has 152 valence electrons. The Labute approximate surface area is 194 Å². The zero-order valence-corrected chi connectivity index (χ0v) is 19.6. The van der Waals surface area contributed by atoms with Crippen molar-refractivity contribution in [3.63, 3.8) is 0 Å². The van der Waals surface area contributed by atoms with E-state index in [1.54, 1.807) is 22.7 Å². The molecule has 1 fully saturated rings. The van der Waals surface area contributed by atoms with Crippen molar-refractivity contribution in [2.45, 2.75) is 24.7 Å². The maximum atomic E-state index is 13.1. The number of hydrogen-bond acceptors (Lipinski definition) is 5. The number of carbonyl (C=O) groups is 1. The molecular weight excluding hydrogens is 454 g/mol. The van der Waals surface area contributed by atoms with Crippen molar-refractivity contribution < 1.29 is 9.21 Å². The van der Waals surface area contributed by atoms with Gasteiger partial charge in [-0.2, -0.15) is 0 Å². The van der Waals surface area contributed by atoms with Gasteiger partial charge in [0, 0.05) is 16.9 Å². The molecule has 2 heterocycles. The summed E-state index contributed by atoms with van der Waals surface area (Å²) in [7, 11) is 0. The topological polar surface area (TPSA) is 33.5 Å². The highest BCUT2D eigenvalue weighted by Gasteiger charge is 2.35. The third-order valence-electron chi connectivity index (χ3n) is 4.63. The van der Waals surface area contributed by atoms with Gasteiger partial charge in [0.1, 0.15) is 5.76 Å². The maximum Gasteiger partial charge on any atom is 0.270 e. The molecule has 1 aromatic heterocycles. The molecule has 0 N–H and O–H groups in total. The Bertz CT molecular complexity index is 1130. The molecule has 0 spiro atoms. The van der Waals surface area contributed by atoms with Crippen molar-refractivity contribution in [3.05, 3.63) is 87.0 Å². The monoisotopic (exact) mass is 471 g/mol. The quantitative estimate of drug-likeness (QED) is 0.222. The zero-order chi connectivity index (χ0) is 21.3. The van der Waals surface area contributed by atoms with Crippen LogP contribution < -0.4 is 4.90 Å². The van der Waals surface area contributed by atoms with Crippen LogP contribution in [0, 0.1) is 13.8 Å². The molecule has 0 atom stereocenters. The Morgan fingerprint density at radius 2 is 1.80 bits per heavy atom. The number of furan rings is 1. The van der Waals surface area contributed by atoms with Gasteiger partial charge >= 0.3 is 0 Å². The van der Waals surface area contributed by atoms with E-state index in [-0.39, 0.29) is 5.91 Å². The Kier molecular flexibility index (Phi) is 6.39. The first kappa shape index (κ1) is 21.2. The van der Waals surface area contributed by atoms with E-state index in [9.17, 15) is 4.79 Å². The fourth-order valence-corrected chi connectivity index (χ4v) is 5.37. The second-order valence-electron chi connectivity index (χ2n) is 6.83. The molecule has 4 rings (SSSR count). The number of benzene rings is 2. The fourth-order valence-electron chi connectivity index (χ4n) is 3.17. The molecule has 1 amide bonds. The fraction of sp³-hybridized carbons (Fsp3) is 0.130. The molecule has 7 heteroatoms. The van der Waals surface area contributed by atoms with Crippen molar-refractivity contribution in [2.24, 2.45) is 0 Å². The summed E-state index contributed by atoms with van der Waals surface area (Å²) in [6.07, 6.45) is 1.76. The van der Waals surface area contributed by atoms with Crippen molar-refractivity contribution in [2.75, 3.05) is 4.90 Å². The third-order valence-corrected chi connectivity index (χ3v) is 7.16. The number of nitrogens with zero attached hydrogens (tertiary/aromatic N) is 1. The molecule has 30 heavy (non-hydrogen) atoms. The minimum atomic E-state index is -0.117. The Morgan fingerprint density at radius 3 is 2.50 bits per heavy atom. The van der Waals surface area contributed by atoms with Crippen LogP contribution in [0.5, 0.6) is 0 Å². The zero-order valence-electron chi connectivity index (χ0n) is 16.3. The summed E-state index contributed by atoms with van der Waals surface area (Å²) in [6, 6.07) is 17.5. The van der Waals surface area contributed by atoms with Gasteiger partial charge in [-0.25, -0.2) is 0 Å². The van der Waals surface area contributed by atoms with E-state index < -0.39 is 0 Å². The number of carbonyl (C=O) groups excluding carboxylic acids is 1. The van der Waals surface area contributed by atoms with Gasteiger partial charge < -0.3 is 4.42 Å². The SMILES string of the molecule is Cc1cccc(C)c1N1C(=O)C(=Cc2ccc(SCc3ccc(Cl)cc3)o2)SC1=S. The maximum absolute atomic E-state index is 13.1. The van der Waals surface area contributed by atoms with Crippen LogP contribution in [0.15, 0.2) is 69.0 Å². The smallest absolute Gasteiger partial charge is 0.270 e. The predicted octanol–water partition coefficient (Wildman–Crippen LogP) is 7.25. The molecule has 3 aromatic rings. The predicted molar refractivity (Wildman–Crippen MR) is 131 cm³/mol. The van der Waals surface area contributed by atoms with Gasteiger partial charge in [-0.05, 0) is 54.8 Å². The first-order valence-corrected chi connectivity index (χ1v) is 11.8. The number of thiocarbonyl (C=S) groups is 1. The lowest BCUT2D eigenvalue weighted by molar-refractivity contribution is -0.113. The molecule has 1 saturated heterocycles. The molecule has 0 bridgehead atoms. The average molecular weight is 472 g/mol. The summed E-state index contributed by atoms with van der Waals surface area (Å²) in [6.45, 7) is 3.97. The Hall–Kier alpha value is -1.99. The summed E-state index contributed by atoms with van der Waals surface area (Å²) in [4.78, 5) is 15.2. The van der Waals surface area contributed by atoms with Crippen LogP contribution in [0.3, 0.4) is 0 Å². The molecule has 0 radical (unpaired) electrons. The number of anilines is 1. The Balaban J connectivity index is 1.49. The first-order chi connectivity index (χ1) is 14.4. The molecule has 2 aromatic carbocycles. The van der Waals surface area contributed by atoms with Gasteiger partial charge in [-0.15, -0.1) is 0 Å². The Morgan fingerprint density at radius 1 is 1.10 bits per heavy atom. The van der Waals surface area contributed by atoms with Gasteiger partial charge in [-0.3, -0.25) is 9.69 Å². The van der Waals surface area contributed by atoms with Gasteiger partial charge in [0.2, 0.25) is 0 Å². The lowest BCUT2D eigenvalue weighted by Gasteiger charge is -2.19. The molecule has 0 saturated carbocycles. The van der Waals surface area contributed by atoms with Gasteiger partial charge in [0.05, 0.1) is 10.6 Å². The van der Waals surface area contributed by atoms with E-state index in [1.807, 2.05) is 68.4 Å². The lowest BCUT2D eigenvalue weighted by atomic mass is 10.1. The average Bonchev–Trinajstić information content (AvgIpc) is 3.27. The molecule has 3 nitrogen and oxygen atoms in total. The normalized spacial score (nSPS) is 15.4. The van der Waals surface area contributed by atoms with E-state index in [0.717, 1.165) is 38.2 Å². The summed E-state index contributed by atoms with van der Waals surface area (Å²) < 4.78 is 6.43. The molecular formula is C23H18ClNO2S3. The molecule has 1 aliphatic rings. The van der Waals surface area contributed by atoms with Crippen molar-refractivity contribution in [1.29, 1.82) is 0 Å². The van der Waals surface area contributed by atoms with Crippen molar-refractivity contribution in [1.82, 2.24) is 0 Å². The van der Waals surface area contributed by atoms with Gasteiger partial charge in [0.25, 0.3) is 5.91 Å². The van der Waals surface area contributed by atoms with Crippen LogP contribution in [0.2, 0.25) is 5.02 Å². The number of amides is 1. The summed E-state index contributed by atoms with van der Waals surface area (Å²) in [5.74, 6) is 1.29. The molecule has 0 aliphatic carbocycles. The van der Waals surface area contributed by atoms with E-state index in [2.05, 4.69) is 0 Å². The number of rotatable bonds is 5. The number of halogens is 1. The van der Waals surface area contributed by atoms with E-state index in [1.165, 1.54) is 11.8 Å². The highest BCUT2D eigenvalue weighted by Crippen LogP contribution is 2.39. The second-order valence-corrected chi connectivity index (χ2v) is 9.92. The van der Waals surface area contributed by atoms with Crippen molar-refractivity contribution >= 4 is 69.3 Å². The van der Waals surface area contributed by atoms with Crippen LogP contribution in [-0.2, 0) is 10.5 Å². The standard InChI is InChI=1S/C23H18ClNO2S3/c1-14-4-3-5-15(2)21(14)25-22(26)19(30-23(25)28)12-18-10-11-20(27-18)29-13-16-6-8-17(24)9-7-16/h3-12H,13H2,1-2H3. The van der Waals surface area contributed by atoms with E-state index in [4.69, 9.17) is 28.2 Å². The van der Waals surface area contributed by atoms with Crippen LogP contribution in [0.25, 0.3) is 6.08 Å². The summed E-state index contributed by atoms with van der Waals surface area (Å²) in [5.41, 5.74) is 4.07. The number of para-hydroxylation sites is 1. The highest BCUT2D eigenvalue weighted by molar-refractivity contribution is 8.27. The summed E-state index contributed by atoms with van der Waals surface area (Å²) in [5, 5.41) is 1.52. The minimum Gasteiger partial charge on any atom is -0.450 e. The molecule has 0 unspecified atom stereocenters. The second kappa shape index (κ2) is 9.02. The lowest BCUT2D eigenvalue weighted by Crippen LogP contribution is -2.29.